The molecular formula is C9H17F3N2O. The van der Waals surface area contributed by atoms with Gasteiger partial charge in [0, 0.05) is 13.1 Å². The molecule has 0 aliphatic carbocycles. The zero-order valence-corrected chi connectivity index (χ0v) is 8.73. The van der Waals surface area contributed by atoms with Crippen LogP contribution >= 0.6 is 0 Å². The predicted octanol–water partition coefficient (Wildman–Crippen LogP) is 1.43. The number of amides is 1. The van der Waals surface area contributed by atoms with Gasteiger partial charge in [0.1, 0.15) is 0 Å². The topological polar surface area (TPSA) is 55.1 Å². The summed E-state index contributed by atoms with van der Waals surface area (Å²) in [5, 5.41) is 2.24. The summed E-state index contributed by atoms with van der Waals surface area (Å²) in [6.07, 6.45) is -3.83. The smallest absolute Gasteiger partial charge is 0.355 e. The molecule has 0 aliphatic rings. The van der Waals surface area contributed by atoms with Gasteiger partial charge in [0.25, 0.3) is 0 Å². The summed E-state index contributed by atoms with van der Waals surface area (Å²) in [4.78, 5) is 11.3. The Kier molecular flexibility index (Phi) is 6.31. The SMILES string of the molecule is CCCC(CN)C(=O)NCCC(F)(F)F. The van der Waals surface area contributed by atoms with Gasteiger partial charge in [-0.2, -0.15) is 13.2 Å². The molecule has 0 aromatic heterocycles. The van der Waals surface area contributed by atoms with Crippen LogP contribution < -0.4 is 11.1 Å². The third kappa shape index (κ3) is 7.18. The van der Waals surface area contributed by atoms with Crippen LogP contribution in [0.2, 0.25) is 0 Å². The molecular weight excluding hydrogens is 209 g/mol. The van der Waals surface area contributed by atoms with Crippen LogP contribution in [0.4, 0.5) is 13.2 Å². The van der Waals surface area contributed by atoms with Crippen LogP contribution in [0.15, 0.2) is 0 Å². The maximum Gasteiger partial charge on any atom is 0.390 e. The van der Waals surface area contributed by atoms with E-state index in [1.807, 2.05) is 6.92 Å². The monoisotopic (exact) mass is 226 g/mol. The highest BCUT2D eigenvalue weighted by Gasteiger charge is 2.27. The van der Waals surface area contributed by atoms with E-state index in [-0.39, 0.29) is 24.9 Å². The first-order chi connectivity index (χ1) is 6.90. The maximum absolute atomic E-state index is 11.8. The number of halogens is 3. The van der Waals surface area contributed by atoms with Crippen LogP contribution in [0.25, 0.3) is 0 Å². The molecule has 0 saturated carbocycles. The Bertz CT molecular complexity index is 194. The quantitative estimate of drug-likeness (QED) is 0.719. The first-order valence-corrected chi connectivity index (χ1v) is 4.95. The van der Waals surface area contributed by atoms with Gasteiger partial charge in [-0.1, -0.05) is 13.3 Å². The predicted molar refractivity (Wildman–Crippen MR) is 51.1 cm³/mol. The Morgan fingerprint density at radius 1 is 1.47 bits per heavy atom. The van der Waals surface area contributed by atoms with E-state index < -0.39 is 12.6 Å². The van der Waals surface area contributed by atoms with Crippen LogP contribution in [0.3, 0.4) is 0 Å². The minimum atomic E-state index is -4.23. The number of hydrogen-bond donors (Lipinski definition) is 2. The molecule has 0 bridgehead atoms. The molecule has 0 heterocycles. The molecule has 1 atom stereocenters. The van der Waals surface area contributed by atoms with Crippen LogP contribution in [-0.2, 0) is 4.79 Å². The van der Waals surface area contributed by atoms with Crippen LogP contribution in [0.5, 0.6) is 0 Å². The molecule has 0 rings (SSSR count). The molecule has 3 nitrogen and oxygen atoms in total. The van der Waals surface area contributed by atoms with E-state index in [0.29, 0.717) is 6.42 Å². The molecule has 6 heteroatoms. The molecule has 0 aromatic rings. The van der Waals surface area contributed by atoms with Crippen LogP contribution in [0, 0.1) is 5.92 Å². The van der Waals surface area contributed by atoms with E-state index in [2.05, 4.69) is 5.32 Å². The van der Waals surface area contributed by atoms with Crippen molar-refractivity contribution < 1.29 is 18.0 Å². The minimum Gasteiger partial charge on any atom is -0.355 e. The summed E-state index contributed by atoms with van der Waals surface area (Å²) in [5.41, 5.74) is 5.33. The van der Waals surface area contributed by atoms with Crippen molar-refractivity contribution in [3.05, 3.63) is 0 Å². The average Bonchev–Trinajstić information content (AvgIpc) is 2.11. The van der Waals surface area contributed by atoms with Gasteiger partial charge >= 0.3 is 6.18 Å². The van der Waals surface area contributed by atoms with E-state index in [1.165, 1.54) is 0 Å². The normalized spacial score (nSPS) is 13.7. The minimum absolute atomic E-state index is 0.172. The fourth-order valence-electron chi connectivity index (χ4n) is 1.18. The average molecular weight is 226 g/mol. The lowest BCUT2D eigenvalue weighted by molar-refractivity contribution is -0.136. The van der Waals surface area contributed by atoms with Crippen LogP contribution in [0.1, 0.15) is 26.2 Å². The molecule has 90 valence electrons. The van der Waals surface area contributed by atoms with Crippen molar-refractivity contribution in [3.8, 4) is 0 Å². The van der Waals surface area contributed by atoms with E-state index in [1.54, 1.807) is 0 Å². The summed E-state index contributed by atoms with van der Waals surface area (Å²) >= 11 is 0. The summed E-state index contributed by atoms with van der Waals surface area (Å²) in [6.45, 7) is 1.69. The third-order valence-corrected chi connectivity index (χ3v) is 2.00. The van der Waals surface area contributed by atoms with Crippen LogP contribution in [-0.4, -0.2) is 25.2 Å². The molecule has 1 amide bonds. The molecule has 0 saturated heterocycles. The van der Waals surface area contributed by atoms with E-state index >= 15 is 0 Å². The van der Waals surface area contributed by atoms with Gasteiger partial charge in [-0.3, -0.25) is 4.79 Å². The number of nitrogens with one attached hydrogen (secondary N) is 1. The molecule has 0 spiro atoms. The standard InChI is InChI=1S/C9H17F3N2O/c1-2-3-7(6-13)8(15)14-5-4-9(10,11)12/h7H,2-6,13H2,1H3,(H,14,15). The van der Waals surface area contributed by atoms with Gasteiger partial charge in [0.05, 0.1) is 12.3 Å². The molecule has 0 aromatic carbocycles. The van der Waals surface area contributed by atoms with Gasteiger partial charge in [-0.05, 0) is 6.42 Å². The first kappa shape index (κ1) is 14.2. The summed E-state index contributed by atoms with van der Waals surface area (Å²) in [5.74, 6) is -0.758. The van der Waals surface area contributed by atoms with Crippen molar-refractivity contribution in [2.75, 3.05) is 13.1 Å². The van der Waals surface area contributed by atoms with Crippen molar-refractivity contribution >= 4 is 5.91 Å². The zero-order valence-electron chi connectivity index (χ0n) is 8.73. The number of carbonyl (C=O) groups is 1. The zero-order chi connectivity index (χ0) is 11.9. The van der Waals surface area contributed by atoms with Gasteiger partial charge in [-0.15, -0.1) is 0 Å². The second kappa shape index (κ2) is 6.66. The van der Waals surface area contributed by atoms with E-state index in [0.717, 1.165) is 6.42 Å². The largest absolute Gasteiger partial charge is 0.390 e. The van der Waals surface area contributed by atoms with Crippen molar-refractivity contribution in [3.63, 3.8) is 0 Å². The lowest BCUT2D eigenvalue weighted by Crippen LogP contribution is -2.36. The highest BCUT2D eigenvalue weighted by molar-refractivity contribution is 5.78. The van der Waals surface area contributed by atoms with E-state index in [4.69, 9.17) is 5.73 Å². The number of carbonyl (C=O) groups excluding carboxylic acids is 1. The van der Waals surface area contributed by atoms with Gasteiger partial charge in [0.15, 0.2) is 0 Å². The van der Waals surface area contributed by atoms with Crippen molar-refractivity contribution in [1.82, 2.24) is 5.32 Å². The van der Waals surface area contributed by atoms with E-state index in [9.17, 15) is 18.0 Å². The lowest BCUT2D eigenvalue weighted by Gasteiger charge is -2.14. The molecule has 0 radical (unpaired) electrons. The maximum atomic E-state index is 11.8. The molecule has 3 N–H and O–H groups in total. The number of alkyl halides is 3. The lowest BCUT2D eigenvalue weighted by atomic mass is 10.0. The molecule has 1 unspecified atom stereocenters. The highest BCUT2D eigenvalue weighted by atomic mass is 19.4. The highest BCUT2D eigenvalue weighted by Crippen LogP contribution is 2.18. The van der Waals surface area contributed by atoms with Gasteiger partial charge in [-0.25, -0.2) is 0 Å². The third-order valence-electron chi connectivity index (χ3n) is 2.00. The Balaban J connectivity index is 3.81. The van der Waals surface area contributed by atoms with Gasteiger partial charge < -0.3 is 11.1 Å². The number of rotatable bonds is 6. The Hall–Kier alpha value is -0.780. The Morgan fingerprint density at radius 2 is 2.07 bits per heavy atom. The summed E-state index contributed by atoms with van der Waals surface area (Å²) < 4.78 is 35.3. The summed E-state index contributed by atoms with van der Waals surface area (Å²) in [6, 6.07) is 0. The fourth-order valence-corrected chi connectivity index (χ4v) is 1.18. The Morgan fingerprint density at radius 3 is 2.47 bits per heavy atom. The fraction of sp³-hybridized carbons (Fsp3) is 0.889. The molecule has 0 aliphatic heterocycles. The first-order valence-electron chi connectivity index (χ1n) is 4.95. The second-order valence-corrected chi connectivity index (χ2v) is 3.38. The number of hydrogen-bond acceptors (Lipinski definition) is 2. The molecule has 15 heavy (non-hydrogen) atoms. The Labute approximate surface area is 87.2 Å². The summed E-state index contributed by atoms with van der Waals surface area (Å²) in [7, 11) is 0. The number of nitrogens with two attached hydrogens (primary N) is 1. The second-order valence-electron chi connectivity index (χ2n) is 3.38. The van der Waals surface area contributed by atoms with Crippen molar-refractivity contribution in [2.24, 2.45) is 11.7 Å². The van der Waals surface area contributed by atoms with Crippen molar-refractivity contribution in [1.29, 1.82) is 0 Å². The molecule has 0 fully saturated rings. The van der Waals surface area contributed by atoms with Crippen molar-refractivity contribution in [2.45, 2.75) is 32.4 Å². The van der Waals surface area contributed by atoms with Gasteiger partial charge in [0.2, 0.25) is 5.91 Å².